The summed E-state index contributed by atoms with van der Waals surface area (Å²) in [5.74, 6) is 2.85. The third-order valence-electron chi connectivity index (χ3n) is 4.01. The van der Waals surface area contributed by atoms with Gasteiger partial charge in [0.2, 0.25) is 5.91 Å². The third kappa shape index (κ3) is 6.07. The van der Waals surface area contributed by atoms with Gasteiger partial charge < -0.3 is 10.0 Å². The van der Waals surface area contributed by atoms with Gasteiger partial charge in [-0.15, -0.1) is 0 Å². The van der Waals surface area contributed by atoms with Crippen LogP contribution in [-0.4, -0.2) is 55.5 Å². The molecule has 2 rings (SSSR count). The van der Waals surface area contributed by atoms with Gasteiger partial charge in [-0.2, -0.15) is 16.1 Å². The summed E-state index contributed by atoms with van der Waals surface area (Å²) in [5, 5.41) is 9.62. The van der Waals surface area contributed by atoms with E-state index in [2.05, 4.69) is 9.36 Å². The Morgan fingerprint density at radius 2 is 2.33 bits per heavy atom. The highest BCUT2D eigenvalue weighted by molar-refractivity contribution is 7.99. The molecule has 0 spiro atoms. The molecule has 2 heterocycles. The molecule has 2 atom stereocenters. The quantitative estimate of drug-likeness (QED) is 0.484. The summed E-state index contributed by atoms with van der Waals surface area (Å²) in [7, 11) is 0. The summed E-state index contributed by atoms with van der Waals surface area (Å²) in [6, 6.07) is 0.124. The van der Waals surface area contributed by atoms with Crippen molar-refractivity contribution in [3.63, 3.8) is 0 Å². The van der Waals surface area contributed by atoms with Gasteiger partial charge in [0.15, 0.2) is 0 Å². The number of hydrogen-bond donors (Lipinski definition) is 2. The lowest BCUT2D eigenvalue weighted by Gasteiger charge is -2.22. The standard InChI is InChI=1S/C16H25N3O3S2/c1-2-13(20)7-5-12-6-8-15(21)19(12)9-11-23-10-3-4-14-17-16(22)24-18-14/h5,7,12-13,20H,2-4,6,8-11H2,1H3,(H,17,18,22)/b7-5+/t12-,13-/m0/s1. The number of aromatic nitrogens is 2. The summed E-state index contributed by atoms with van der Waals surface area (Å²) in [6.45, 7) is 2.68. The van der Waals surface area contributed by atoms with Crippen LogP contribution in [0.3, 0.4) is 0 Å². The van der Waals surface area contributed by atoms with E-state index in [4.69, 9.17) is 0 Å². The molecule has 0 radical (unpaired) electrons. The molecule has 6 nitrogen and oxygen atoms in total. The second-order valence-electron chi connectivity index (χ2n) is 5.81. The monoisotopic (exact) mass is 371 g/mol. The number of nitrogens with zero attached hydrogens (tertiary/aromatic N) is 2. The molecular weight excluding hydrogens is 346 g/mol. The van der Waals surface area contributed by atoms with Crippen LogP contribution in [0.1, 0.15) is 38.4 Å². The molecule has 134 valence electrons. The van der Waals surface area contributed by atoms with Gasteiger partial charge in [-0.05, 0) is 25.0 Å². The van der Waals surface area contributed by atoms with Gasteiger partial charge in [-0.3, -0.25) is 14.6 Å². The number of aromatic amines is 1. The molecule has 0 aliphatic carbocycles. The van der Waals surface area contributed by atoms with E-state index in [-0.39, 0.29) is 16.8 Å². The van der Waals surface area contributed by atoms with Crippen LogP contribution in [0.25, 0.3) is 0 Å². The highest BCUT2D eigenvalue weighted by Crippen LogP contribution is 2.21. The number of carbonyl (C=O) groups excluding carboxylic acids is 1. The molecular formula is C16H25N3O3S2. The number of hydrogen-bond acceptors (Lipinski definition) is 6. The summed E-state index contributed by atoms with van der Waals surface area (Å²) in [5.41, 5.74) is 0. The molecule has 1 aliphatic heterocycles. The minimum Gasteiger partial charge on any atom is -0.389 e. The lowest BCUT2D eigenvalue weighted by atomic mass is 10.1. The Bertz CT molecular complexity index is 599. The molecule has 1 aromatic heterocycles. The van der Waals surface area contributed by atoms with E-state index < -0.39 is 6.10 Å². The molecule has 2 N–H and O–H groups in total. The van der Waals surface area contributed by atoms with Crippen molar-refractivity contribution in [1.29, 1.82) is 0 Å². The number of amides is 1. The van der Waals surface area contributed by atoms with Gasteiger partial charge in [0.25, 0.3) is 0 Å². The molecule has 1 aromatic rings. The number of aliphatic hydroxyl groups excluding tert-OH is 1. The van der Waals surface area contributed by atoms with Gasteiger partial charge in [-0.1, -0.05) is 19.1 Å². The van der Waals surface area contributed by atoms with Crippen molar-refractivity contribution >= 4 is 29.2 Å². The van der Waals surface area contributed by atoms with E-state index in [0.29, 0.717) is 12.8 Å². The first kappa shape index (κ1) is 19.2. The number of likely N-dealkylation sites (tertiary alicyclic amines) is 1. The zero-order valence-corrected chi connectivity index (χ0v) is 15.6. The maximum atomic E-state index is 12.0. The fraction of sp³-hybridized carbons (Fsp3) is 0.688. The molecule has 1 aliphatic rings. The fourth-order valence-electron chi connectivity index (χ4n) is 2.61. The van der Waals surface area contributed by atoms with Gasteiger partial charge in [0.05, 0.1) is 12.1 Å². The van der Waals surface area contributed by atoms with Crippen LogP contribution in [-0.2, 0) is 11.2 Å². The van der Waals surface area contributed by atoms with Crippen molar-refractivity contribution in [3.8, 4) is 0 Å². The molecule has 0 bridgehead atoms. The number of thioether (sulfide) groups is 1. The highest BCUT2D eigenvalue weighted by atomic mass is 32.2. The lowest BCUT2D eigenvalue weighted by molar-refractivity contribution is -0.128. The first-order valence-corrected chi connectivity index (χ1v) is 10.3. The fourth-order valence-corrected chi connectivity index (χ4v) is 3.99. The van der Waals surface area contributed by atoms with E-state index in [9.17, 15) is 14.7 Å². The van der Waals surface area contributed by atoms with Crippen molar-refractivity contribution < 1.29 is 9.90 Å². The largest absolute Gasteiger partial charge is 0.389 e. The van der Waals surface area contributed by atoms with Crippen LogP contribution in [0, 0.1) is 0 Å². The van der Waals surface area contributed by atoms with Crippen LogP contribution in [0.4, 0.5) is 0 Å². The molecule has 1 saturated heterocycles. The summed E-state index contributed by atoms with van der Waals surface area (Å²) < 4.78 is 4.04. The van der Waals surface area contributed by atoms with E-state index in [0.717, 1.165) is 54.7 Å². The van der Waals surface area contributed by atoms with Crippen molar-refractivity contribution in [1.82, 2.24) is 14.3 Å². The lowest BCUT2D eigenvalue weighted by Crippen LogP contribution is -2.34. The zero-order chi connectivity index (χ0) is 17.4. The Kier molecular flexibility index (Phi) is 8.01. The predicted molar refractivity (Wildman–Crippen MR) is 98.6 cm³/mol. The van der Waals surface area contributed by atoms with E-state index in [1.165, 1.54) is 0 Å². The second-order valence-corrected chi connectivity index (χ2v) is 7.77. The zero-order valence-electron chi connectivity index (χ0n) is 13.9. The highest BCUT2D eigenvalue weighted by Gasteiger charge is 2.28. The smallest absolute Gasteiger partial charge is 0.323 e. The minimum atomic E-state index is -0.422. The first-order valence-electron chi connectivity index (χ1n) is 8.38. The predicted octanol–water partition coefficient (Wildman–Crippen LogP) is 1.82. The second kappa shape index (κ2) is 10.0. The van der Waals surface area contributed by atoms with E-state index >= 15 is 0 Å². The molecule has 24 heavy (non-hydrogen) atoms. The van der Waals surface area contributed by atoms with E-state index in [1.807, 2.05) is 29.7 Å². The molecule has 8 heteroatoms. The molecule has 0 saturated carbocycles. The normalized spacial score (nSPS) is 19.5. The average molecular weight is 372 g/mol. The van der Waals surface area contributed by atoms with Gasteiger partial charge in [0, 0.05) is 36.7 Å². The summed E-state index contributed by atoms with van der Waals surface area (Å²) in [6.07, 6.45) is 7.23. The summed E-state index contributed by atoms with van der Waals surface area (Å²) >= 11 is 2.78. The van der Waals surface area contributed by atoms with Crippen LogP contribution < -0.4 is 4.87 Å². The van der Waals surface area contributed by atoms with Gasteiger partial charge in [-0.25, -0.2) is 0 Å². The molecule has 0 unspecified atom stereocenters. The number of carbonyl (C=O) groups is 1. The van der Waals surface area contributed by atoms with Crippen molar-refractivity contribution in [3.05, 3.63) is 27.6 Å². The maximum absolute atomic E-state index is 12.0. The summed E-state index contributed by atoms with van der Waals surface area (Å²) in [4.78, 5) is 27.5. The molecule has 0 aromatic carbocycles. The minimum absolute atomic E-state index is 0.0995. The molecule has 1 fully saturated rings. The van der Waals surface area contributed by atoms with Crippen molar-refractivity contribution in [2.75, 3.05) is 18.1 Å². The number of H-pyrrole nitrogens is 1. The van der Waals surface area contributed by atoms with Gasteiger partial charge >= 0.3 is 4.87 Å². The van der Waals surface area contributed by atoms with E-state index in [1.54, 1.807) is 6.08 Å². The van der Waals surface area contributed by atoms with Crippen LogP contribution in [0.2, 0.25) is 0 Å². The van der Waals surface area contributed by atoms with Crippen LogP contribution >= 0.6 is 23.3 Å². The number of nitrogens with one attached hydrogen (secondary N) is 1. The Hall–Kier alpha value is -1.12. The SMILES string of the molecule is CC[C@H](O)/C=C/[C@H]1CCC(=O)N1CCSCCCc1nsc(=O)[nH]1. The Labute approximate surface area is 150 Å². The van der Waals surface area contributed by atoms with Crippen LogP contribution in [0.15, 0.2) is 16.9 Å². The Morgan fingerprint density at radius 3 is 3.04 bits per heavy atom. The van der Waals surface area contributed by atoms with Crippen molar-refractivity contribution in [2.24, 2.45) is 0 Å². The molecule has 1 amide bonds. The average Bonchev–Trinajstić information content (AvgIpc) is 3.14. The number of aliphatic hydroxyl groups is 1. The topological polar surface area (TPSA) is 86.3 Å². The Morgan fingerprint density at radius 1 is 1.50 bits per heavy atom. The number of aryl methyl sites for hydroxylation is 1. The Balaban J connectivity index is 1.65. The van der Waals surface area contributed by atoms with Crippen molar-refractivity contribution in [2.45, 2.75) is 51.2 Å². The van der Waals surface area contributed by atoms with Crippen LogP contribution in [0.5, 0.6) is 0 Å². The first-order chi connectivity index (χ1) is 11.6. The number of rotatable bonds is 10. The maximum Gasteiger partial charge on any atom is 0.323 e. The van der Waals surface area contributed by atoms with Gasteiger partial charge in [0.1, 0.15) is 5.82 Å². The third-order valence-corrected chi connectivity index (χ3v) is 5.64.